The zero-order valence-electron chi connectivity index (χ0n) is 11.6. The molecule has 0 saturated carbocycles. The molecule has 0 aromatic heterocycles. The maximum absolute atomic E-state index is 11.6. The van der Waals surface area contributed by atoms with Crippen LogP contribution in [0.4, 0.5) is 11.5 Å². The molecule has 1 aromatic carbocycles. The van der Waals surface area contributed by atoms with E-state index in [0.717, 1.165) is 5.69 Å². The highest BCUT2D eigenvalue weighted by Crippen LogP contribution is 2.27. The Balaban J connectivity index is 1.83. The minimum absolute atomic E-state index is 0.207. The number of H-pyrrole nitrogens is 1. The molecule has 0 radical (unpaired) electrons. The molecule has 8 heteroatoms. The smallest absolute Gasteiger partial charge is 0.338 e. The van der Waals surface area contributed by atoms with Crippen molar-refractivity contribution in [2.75, 3.05) is 11.9 Å². The molecule has 0 aliphatic carbocycles. The SMILES string of the molecule is CCOC(=O)c1ccc(Nc2[nH]c(Cl)nc3ncnc2-3)cc1. The van der Waals surface area contributed by atoms with Gasteiger partial charge in [0.2, 0.25) is 5.28 Å². The lowest BCUT2D eigenvalue weighted by Crippen LogP contribution is -2.05. The summed E-state index contributed by atoms with van der Waals surface area (Å²) in [5.74, 6) is 0.683. The van der Waals surface area contributed by atoms with Crippen molar-refractivity contribution in [2.45, 2.75) is 6.92 Å². The van der Waals surface area contributed by atoms with Crippen LogP contribution in [0.25, 0.3) is 11.5 Å². The van der Waals surface area contributed by atoms with Gasteiger partial charge in [-0.2, -0.15) is 4.98 Å². The van der Waals surface area contributed by atoms with Gasteiger partial charge in [0.25, 0.3) is 0 Å². The van der Waals surface area contributed by atoms with Crippen molar-refractivity contribution in [3.63, 3.8) is 0 Å². The number of anilines is 2. The van der Waals surface area contributed by atoms with Gasteiger partial charge in [-0.1, -0.05) is 0 Å². The van der Waals surface area contributed by atoms with Gasteiger partial charge >= 0.3 is 5.97 Å². The third kappa shape index (κ3) is 2.84. The number of carbonyl (C=O) groups is 1. The number of carbonyl (C=O) groups excluding carboxylic acids is 1. The highest BCUT2D eigenvalue weighted by Gasteiger charge is 2.15. The molecule has 0 bridgehead atoms. The summed E-state index contributed by atoms with van der Waals surface area (Å²) in [5.41, 5.74) is 1.83. The molecule has 2 heterocycles. The zero-order chi connectivity index (χ0) is 15.5. The van der Waals surface area contributed by atoms with E-state index in [4.69, 9.17) is 16.3 Å². The van der Waals surface area contributed by atoms with Crippen LogP contribution >= 0.6 is 11.6 Å². The number of ether oxygens (including phenoxy) is 1. The Bertz CT molecular complexity index is 771. The second kappa shape index (κ2) is 5.98. The van der Waals surface area contributed by atoms with Crippen molar-refractivity contribution in [3.8, 4) is 11.5 Å². The normalized spacial score (nSPS) is 10.6. The van der Waals surface area contributed by atoms with Crippen LogP contribution in [0, 0.1) is 0 Å². The van der Waals surface area contributed by atoms with Crippen LogP contribution in [-0.4, -0.2) is 32.5 Å². The molecule has 22 heavy (non-hydrogen) atoms. The fourth-order valence-corrected chi connectivity index (χ4v) is 2.12. The van der Waals surface area contributed by atoms with Gasteiger partial charge in [0.05, 0.1) is 12.2 Å². The third-order valence-electron chi connectivity index (χ3n) is 2.91. The van der Waals surface area contributed by atoms with E-state index in [1.165, 1.54) is 6.33 Å². The highest BCUT2D eigenvalue weighted by atomic mass is 35.5. The Morgan fingerprint density at radius 3 is 2.82 bits per heavy atom. The maximum Gasteiger partial charge on any atom is 0.338 e. The van der Waals surface area contributed by atoms with Crippen LogP contribution in [-0.2, 0) is 4.74 Å². The number of aromatic amines is 1. The fraction of sp³-hybridized carbons (Fsp3) is 0.143. The Kier molecular flexibility index (Phi) is 3.88. The summed E-state index contributed by atoms with van der Waals surface area (Å²) in [6.45, 7) is 2.11. The number of aromatic nitrogens is 4. The van der Waals surface area contributed by atoms with Crippen LogP contribution in [0.5, 0.6) is 0 Å². The topological polar surface area (TPSA) is 92.8 Å². The molecule has 0 unspecified atom stereocenters. The van der Waals surface area contributed by atoms with Crippen molar-refractivity contribution in [2.24, 2.45) is 0 Å². The van der Waals surface area contributed by atoms with Gasteiger partial charge in [0, 0.05) is 5.69 Å². The van der Waals surface area contributed by atoms with Crippen LogP contribution in [0.15, 0.2) is 30.6 Å². The average Bonchev–Trinajstić information content (AvgIpc) is 2.96. The lowest BCUT2D eigenvalue weighted by molar-refractivity contribution is 0.0526. The Labute approximate surface area is 131 Å². The van der Waals surface area contributed by atoms with Gasteiger partial charge < -0.3 is 15.0 Å². The summed E-state index contributed by atoms with van der Waals surface area (Å²) < 4.78 is 4.94. The van der Waals surface area contributed by atoms with Crippen LogP contribution in [0.1, 0.15) is 17.3 Å². The highest BCUT2D eigenvalue weighted by molar-refractivity contribution is 6.28. The molecule has 0 fully saturated rings. The average molecular weight is 318 g/mol. The molecule has 0 atom stereocenters. The molecule has 7 nitrogen and oxygen atoms in total. The number of nitrogens with zero attached hydrogens (tertiary/aromatic N) is 3. The van der Waals surface area contributed by atoms with E-state index >= 15 is 0 Å². The monoisotopic (exact) mass is 317 g/mol. The van der Waals surface area contributed by atoms with Crippen molar-refractivity contribution in [1.29, 1.82) is 0 Å². The third-order valence-corrected chi connectivity index (χ3v) is 3.09. The van der Waals surface area contributed by atoms with Gasteiger partial charge in [-0.15, -0.1) is 0 Å². The van der Waals surface area contributed by atoms with Crippen LogP contribution < -0.4 is 5.32 Å². The van der Waals surface area contributed by atoms with Gasteiger partial charge in [-0.25, -0.2) is 14.8 Å². The van der Waals surface area contributed by atoms with Gasteiger partial charge in [-0.05, 0) is 42.8 Å². The van der Waals surface area contributed by atoms with E-state index in [1.807, 2.05) is 0 Å². The first-order valence-electron chi connectivity index (χ1n) is 6.58. The first-order chi connectivity index (χ1) is 10.7. The first kappa shape index (κ1) is 14.3. The van der Waals surface area contributed by atoms with Crippen LogP contribution in [0.3, 0.4) is 0 Å². The first-order valence-corrected chi connectivity index (χ1v) is 6.95. The van der Waals surface area contributed by atoms with Gasteiger partial charge in [-0.3, -0.25) is 0 Å². The van der Waals surface area contributed by atoms with E-state index in [0.29, 0.717) is 29.5 Å². The van der Waals surface area contributed by atoms with Crippen molar-refractivity contribution in [1.82, 2.24) is 19.9 Å². The molecule has 0 amide bonds. The molecule has 0 saturated heterocycles. The number of fused-ring (bicyclic) bond motifs is 1. The molecule has 0 spiro atoms. The summed E-state index contributed by atoms with van der Waals surface area (Å²) in [4.78, 5) is 26.7. The van der Waals surface area contributed by atoms with Crippen molar-refractivity contribution >= 4 is 29.1 Å². The number of esters is 1. The molecular formula is C14H12ClN5O2. The molecule has 1 aromatic rings. The van der Waals surface area contributed by atoms with E-state index in [1.54, 1.807) is 31.2 Å². The fourth-order valence-electron chi connectivity index (χ4n) is 1.94. The summed E-state index contributed by atoms with van der Waals surface area (Å²) in [7, 11) is 0. The minimum atomic E-state index is -0.350. The van der Waals surface area contributed by atoms with Crippen molar-refractivity contribution < 1.29 is 9.53 Å². The standard InChI is InChI=1S/C14H12ClN5O2/c1-2-22-13(21)8-3-5-9(6-4-8)18-12-10-11(17-7-16-10)19-14(15)20-12/h3-7H,2H2,1H3,(H2,16,17,18,19,20). The van der Waals surface area contributed by atoms with Gasteiger partial charge in [0.1, 0.15) is 12.1 Å². The molecule has 2 aliphatic heterocycles. The number of halogens is 1. The second-order valence-electron chi connectivity index (χ2n) is 4.37. The number of imidazole rings is 1. The number of nitrogens with one attached hydrogen (secondary N) is 2. The Morgan fingerprint density at radius 2 is 2.09 bits per heavy atom. The largest absolute Gasteiger partial charge is 0.462 e. The number of hydrogen-bond donors (Lipinski definition) is 2. The summed E-state index contributed by atoms with van der Waals surface area (Å²) in [6, 6.07) is 6.88. The van der Waals surface area contributed by atoms with E-state index in [9.17, 15) is 4.79 Å². The summed E-state index contributed by atoms with van der Waals surface area (Å²) >= 11 is 5.91. The molecule has 2 N–H and O–H groups in total. The second-order valence-corrected chi connectivity index (χ2v) is 4.73. The number of hydrogen-bond acceptors (Lipinski definition) is 6. The quantitative estimate of drug-likeness (QED) is 0.567. The molecule has 2 aliphatic rings. The summed E-state index contributed by atoms with van der Waals surface area (Å²) in [5, 5.41) is 3.34. The lowest BCUT2D eigenvalue weighted by Gasteiger charge is -2.10. The molecule has 112 valence electrons. The molecular weight excluding hydrogens is 306 g/mol. The predicted octanol–water partition coefficient (Wildman–Crippen LogP) is 2.88. The Morgan fingerprint density at radius 1 is 1.32 bits per heavy atom. The lowest BCUT2D eigenvalue weighted by atomic mass is 10.2. The van der Waals surface area contributed by atoms with Gasteiger partial charge in [0.15, 0.2) is 11.5 Å². The summed E-state index contributed by atoms with van der Waals surface area (Å²) in [6.07, 6.45) is 1.41. The van der Waals surface area contributed by atoms with Crippen LogP contribution in [0.2, 0.25) is 5.28 Å². The molecule has 3 rings (SSSR count). The minimum Gasteiger partial charge on any atom is -0.462 e. The predicted molar refractivity (Wildman–Crippen MR) is 81.5 cm³/mol. The van der Waals surface area contributed by atoms with E-state index in [2.05, 4.69) is 25.3 Å². The zero-order valence-corrected chi connectivity index (χ0v) is 12.4. The van der Waals surface area contributed by atoms with Crippen molar-refractivity contribution in [3.05, 3.63) is 41.4 Å². The maximum atomic E-state index is 11.6. The van der Waals surface area contributed by atoms with E-state index in [-0.39, 0.29) is 11.3 Å². The number of benzene rings is 1. The van der Waals surface area contributed by atoms with E-state index < -0.39 is 0 Å². The Hall–Kier alpha value is -2.67. The number of rotatable bonds is 4.